The molecule has 1 fully saturated rings. The number of carbonyl (C=O) groups excluding carboxylic acids is 1. The predicted molar refractivity (Wildman–Crippen MR) is 127 cm³/mol. The van der Waals surface area contributed by atoms with Crippen molar-refractivity contribution in [2.24, 2.45) is 0 Å². The number of amides is 1. The third kappa shape index (κ3) is 3.93. The first-order chi connectivity index (χ1) is 16.6. The average Bonchev–Trinajstić information content (AvgIpc) is 3.51. The summed E-state index contributed by atoms with van der Waals surface area (Å²) in [7, 11) is 1.34. The molecule has 1 amide bonds. The fraction of sp³-hybridized carbons (Fsp3) is 0.280. The predicted octanol–water partition coefficient (Wildman–Crippen LogP) is 4.27. The topological polar surface area (TPSA) is 108 Å². The van der Waals surface area contributed by atoms with E-state index < -0.39 is 11.7 Å². The summed E-state index contributed by atoms with van der Waals surface area (Å²) in [5.74, 6) is -0.650. The molecule has 1 aliphatic rings. The molecule has 4 aromatic rings. The molecular formula is C25H25FN6O2. The zero-order valence-electron chi connectivity index (χ0n) is 18.8. The Morgan fingerprint density at radius 2 is 1.94 bits per heavy atom. The first-order valence-corrected chi connectivity index (χ1v) is 11.3. The van der Waals surface area contributed by atoms with E-state index in [1.54, 1.807) is 0 Å². The van der Waals surface area contributed by atoms with Crippen molar-refractivity contribution < 1.29 is 13.9 Å². The van der Waals surface area contributed by atoms with Crippen LogP contribution < -0.4 is 15.8 Å². The second-order valence-corrected chi connectivity index (χ2v) is 8.39. The van der Waals surface area contributed by atoms with Crippen LogP contribution in [0.4, 0.5) is 10.2 Å². The lowest BCUT2D eigenvalue weighted by molar-refractivity contribution is 0.0947. The maximum Gasteiger partial charge on any atom is 0.255 e. The fourth-order valence-electron chi connectivity index (χ4n) is 4.55. The molecule has 2 heterocycles. The number of fused-ring (bicyclic) bond motifs is 1. The Morgan fingerprint density at radius 1 is 1.18 bits per heavy atom. The van der Waals surface area contributed by atoms with Gasteiger partial charge in [0.2, 0.25) is 0 Å². The minimum atomic E-state index is -0.577. The number of ether oxygens (including phenoxy) is 1. The van der Waals surface area contributed by atoms with Crippen molar-refractivity contribution in [3.8, 4) is 17.0 Å². The SMILES string of the molecule is COc1c(F)cccc1C(=O)NCc1ccc(-c2nn(C3CCCC3)c3ncnc(N)c23)cc1. The van der Waals surface area contributed by atoms with Crippen LogP contribution in [0.5, 0.6) is 5.75 Å². The van der Waals surface area contributed by atoms with Crippen molar-refractivity contribution in [3.63, 3.8) is 0 Å². The molecule has 1 aliphatic carbocycles. The van der Waals surface area contributed by atoms with E-state index >= 15 is 0 Å². The number of rotatable bonds is 6. The lowest BCUT2D eigenvalue weighted by atomic mass is 10.1. The van der Waals surface area contributed by atoms with Gasteiger partial charge in [0, 0.05) is 12.1 Å². The van der Waals surface area contributed by atoms with Crippen LogP contribution in [0.25, 0.3) is 22.3 Å². The van der Waals surface area contributed by atoms with Crippen LogP contribution in [0.15, 0.2) is 48.8 Å². The van der Waals surface area contributed by atoms with Crippen molar-refractivity contribution in [1.82, 2.24) is 25.1 Å². The van der Waals surface area contributed by atoms with E-state index in [9.17, 15) is 9.18 Å². The Balaban J connectivity index is 1.38. The van der Waals surface area contributed by atoms with Gasteiger partial charge in [0.05, 0.1) is 24.1 Å². The van der Waals surface area contributed by atoms with Gasteiger partial charge in [-0.1, -0.05) is 43.2 Å². The van der Waals surface area contributed by atoms with Gasteiger partial charge >= 0.3 is 0 Å². The summed E-state index contributed by atoms with van der Waals surface area (Å²) in [5, 5.41) is 8.46. The number of nitrogens with zero attached hydrogens (tertiary/aromatic N) is 4. The van der Waals surface area contributed by atoms with Crippen molar-refractivity contribution in [2.45, 2.75) is 38.3 Å². The largest absolute Gasteiger partial charge is 0.493 e. The molecule has 2 aromatic carbocycles. The molecule has 0 atom stereocenters. The first-order valence-electron chi connectivity index (χ1n) is 11.3. The summed E-state index contributed by atoms with van der Waals surface area (Å²) in [6.07, 6.45) is 6.01. The minimum Gasteiger partial charge on any atom is -0.493 e. The molecule has 0 radical (unpaired) electrons. The van der Waals surface area contributed by atoms with E-state index in [1.807, 2.05) is 28.9 Å². The van der Waals surface area contributed by atoms with Crippen LogP contribution in [-0.4, -0.2) is 32.8 Å². The lowest BCUT2D eigenvalue weighted by Crippen LogP contribution is -2.23. The first kappa shape index (κ1) is 21.8. The molecule has 8 nitrogen and oxygen atoms in total. The number of hydrogen-bond donors (Lipinski definition) is 2. The molecule has 2 aromatic heterocycles. The molecule has 34 heavy (non-hydrogen) atoms. The van der Waals surface area contributed by atoms with Crippen molar-refractivity contribution in [3.05, 3.63) is 65.7 Å². The highest BCUT2D eigenvalue weighted by Crippen LogP contribution is 2.36. The Kier molecular flexibility index (Phi) is 5.83. The van der Waals surface area contributed by atoms with Gasteiger partial charge in [-0.05, 0) is 30.5 Å². The molecule has 9 heteroatoms. The summed E-state index contributed by atoms with van der Waals surface area (Å²) >= 11 is 0. The van der Waals surface area contributed by atoms with Crippen LogP contribution in [0.1, 0.15) is 47.6 Å². The quantitative estimate of drug-likeness (QED) is 0.445. The zero-order valence-corrected chi connectivity index (χ0v) is 18.8. The molecule has 0 bridgehead atoms. The van der Waals surface area contributed by atoms with Gasteiger partial charge in [-0.15, -0.1) is 0 Å². The Hall–Kier alpha value is -4.01. The molecule has 0 aliphatic heterocycles. The smallest absolute Gasteiger partial charge is 0.255 e. The van der Waals surface area contributed by atoms with Gasteiger partial charge < -0.3 is 15.8 Å². The number of carbonyl (C=O) groups is 1. The number of para-hydroxylation sites is 1. The highest BCUT2D eigenvalue weighted by molar-refractivity contribution is 5.98. The Morgan fingerprint density at radius 3 is 2.68 bits per heavy atom. The van der Waals surface area contributed by atoms with Gasteiger partial charge in [0.25, 0.3) is 5.91 Å². The Bertz CT molecular complexity index is 1350. The van der Waals surface area contributed by atoms with Crippen molar-refractivity contribution >= 4 is 22.8 Å². The molecule has 174 valence electrons. The van der Waals surface area contributed by atoms with Crippen LogP contribution in [-0.2, 0) is 6.54 Å². The van der Waals surface area contributed by atoms with E-state index in [1.165, 1.54) is 44.5 Å². The summed E-state index contributed by atoms with van der Waals surface area (Å²) in [6.45, 7) is 0.279. The van der Waals surface area contributed by atoms with Gasteiger partial charge in [0.1, 0.15) is 17.8 Å². The average molecular weight is 461 g/mol. The maximum atomic E-state index is 13.9. The number of methoxy groups -OCH3 is 1. The van der Waals surface area contributed by atoms with Gasteiger partial charge in [-0.2, -0.15) is 5.10 Å². The summed E-state index contributed by atoms with van der Waals surface area (Å²) in [6, 6.07) is 12.3. The third-order valence-corrected chi connectivity index (χ3v) is 6.28. The standard InChI is InChI=1S/C25H25FN6O2/c1-34-22-18(7-4-8-19(22)26)25(33)28-13-15-9-11-16(12-10-15)21-20-23(27)29-14-30-24(20)32(31-21)17-5-2-3-6-17/h4,7-12,14,17H,2-3,5-6,13H2,1H3,(H,28,33)(H2,27,29,30). The number of nitrogens with one attached hydrogen (secondary N) is 1. The van der Waals surface area contributed by atoms with Gasteiger partial charge in [-0.3, -0.25) is 4.79 Å². The molecule has 0 saturated heterocycles. The molecule has 1 saturated carbocycles. The van der Waals surface area contributed by atoms with Crippen LogP contribution in [0.3, 0.4) is 0 Å². The number of aromatic nitrogens is 4. The minimum absolute atomic E-state index is 0.0696. The second kappa shape index (κ2) is 9.09. The third-order valence-electron chi connectivity index (χ3n) is 6.28. The van der Waals surface area contributed by atoms with Crippen LogP contribution in [0.2, 0.25) is 0 Å². The van der Waals surface area contributed by atoms with Crippen molar-refractivity contribution in [2.75, 3.05) is 12.8 Å². The molecule has 0 unspecified atom stereocenters. The number of nitrogen functional groups attached to an aromatic ring is 1. The van der Waals surface area contributed by atoms with E-state index in [-0.39, 0.29) is 17.9 Å². The Labute approximate surface area is 196 Å². The highest BCUT2D eigenvalue weighted by atomic mass is 19.1. The maximum absolute atomic E-state index is 13.9. The molecular weight excluding hydrogens is 435 g/mol. The van der Waals surface area contributed by atoms with E-state index in [0.29, 0.717) is 11.9 Å². The monoisotopic (exact) mass is 460 g/mol. The zero-order chi connectivity index (χ0) is 23.7. The summed E-state index contributed by atoms with van der Waals surface area (Å²) < 4.78 is 20.9. The summed E-state index contributed by atoms with van der Waals surface area (Å²) in [4.78, 5) is 21.2. The fourth-order valence-corrected chi connectivity index (χ4v) is 4.55. The van der Waals surface area contributed by atoms with Gasteiger partial charge in [0.15, 0.2) is 17.2 Å². The van der Waals surface area contributed by atoms with E-state index in [2.05, 4.69) is 15.3 Å². The van der Waals surface area contributed by atoms with Crippen molar-refractivity contribution in [1.29, 1.82) is 0 Å². The molecule has 5 rings (SSSR count). The number of hydrogen-bond acceptors (Lipinski definition) is 6. The number of nitrogens with two attached hydrogens (primary N) is 1. The number of anilines is 1. The van der Waals surface area contributed by atoms with Gasteiger partial charge in [-0.25, -0.2) is 19.0 Å². The lowest BCUT2D eigenvalue weighted by Gasteiger charge is -2.10. The molecule has 0 spiro atoms. The highest BCUT2D eigenvalue weighted by Gasteiger charge is 2.24. The van der Waals surface area contributed by atoms with E-state index in [0.717, 1.165) is 40.7 Å². The number of benzene rings is 2. The normalized spacial score (nSPS) is 13.9. The van der Waals surface area contributed by atoms with Crippen LogP contribution in [0, 0.1) is 5.82 Å². The summed E-state index contributed by atoms with van der Waals surface area (Å²) in [5.41, 5.74) is 9.66. The number of halogens is 1. The molecule has 3 N–H and O–H groups in total. The second-order valence-electron chi connectivity index (χ2n) is 8.39. The van der Waals surface area contributed by atoms with E-state index in [4.69, 9.17) is 15.6 Å². The van der Waals surface area contributed by atoms with Crippen LogP contribution >= 0.6 is 0 Å².